The van der Waals surface area contributed by atoms with Gasteiger partial charge < -0.3 is 5.11 Å². The molecule has 0 N–H and O–H groups in total. The maximum atomic E-state index is 9.53. The second-order valence-electron chi connectivity index (χ2n) is 2.13. The smallest absolute Gasteiger partial charge is 0.852 e. The molecule has 0 amide bonds. The Hall–Kier alpha value is -0.0538. The van der Waals surface area contributed by atoms with Crippen molar-refractivity contribution in [3.8, 4) is 0 Å². The molecule has 0 heterocycles. The van der Waals surface area contributed by atoms with Crippen molar-refractivity contribution < 1.29 is 5.11 Å². The van der Waals surface area contributed by atoms with E-state index >= 15 is 0 Å². The molecule has 0 saturated carbocycles. The molecule has 0 aromatic heterocycles. The Balaban J connectivity index is 0. The van der Waals surface area contributed by atoms with Gasteiger partial charge in [0.25, 0.3) is 0 Å². The van der Waals surface area contributed by atoms with Crippen LogP contribution in [0.2, 0.25) is 0 Å². The Morgan fingerprint density at radius 3 is 1.55 bits per heavy atom. The Morgan fingerprint density at radius 2 is 1.45 bits per heavy atom. The minimum Gasteiger partial charge on any atom is -0.852 e. The van der Waals surface area contributed by atoms with Gasteiger partial charge in [-0.25, -0.2) is 0 Å². The molecule has 0 fully saturated rings. The maximum absolute atomic E-state index is 9.53. The maximum Gasteiger partial charge on any atom is 2.00 e. The van der Waals surface area contributed by atoms with Crippen molar-refractivity contribution in [2.24, 2.45) is 0 Å². The van der Waals surface area contributed by atoms with Crippen LogP contribution in [0, 0.1) is 6.07 Å². The molecule has 1 nitrogen and oxygen atoms in total. The number of rotatable bonds is 0. The second-order valence-corrected chi connectivity index (χ2v) is 2.13. The monoisotopic (exact) mass is 160 g/mol. The fourth-order valence-corrected chi connectivity index (χ4v) is 0.342. The largest absolute Gasteiger partial charge is 2.00 e. The summed E-state index contributed by atoms with van der Waals surface area (Å²) in [6.07, 6.45) is -0.417. The average molecular weight is 160 g/mol. The predicted molar refractivity (Wildman–Crippen MR) is 46.2 cm³/mol. The molecule has 1 aromatic rings. The molecule has 2 heteroatoms. The van der Waals surface area contributed by atoms with Gasteiger partial charge in [0.15, 0.2) is 0 Å². The van der Waals surface area contributed by atoms with Crippen molar-refractivity contribution in [1.29, 1.82) is 0 Å². The van der Waals surface area contributed by atoms with Gasteiger partial charge in [-0.3, -0.25) is 0 Å². The van der Waals surface area contributed by atoms with E-state index in [4.69, 9.17) is 0 Å². The first-order valence-electron chi connectivity index (χ1n) is 3.30. The van der Waals surface area contributed by atoms with E-state index < -0.39 is 6.10 Å². The van der Waals surface area contributed by atoms with Crippen molar-refractivity contribution in [2.45, 2.75) is 20.0 Å². The third kappa shape index (κ3) is 17.8. The van der Waals surface area contributed by atoms with Crippen LogP contribution in [0.3, 0.4) is 0 Å². The molecule has 1 aromatic carbocycles. The second kappa shape index (κ2) is 9.95. The van der Waals surface area contributed by atoms with Crippen LogP contribution in [0.5, 0.6) is 0 Å². The zero-order chi connectivity index (χ0) is 7.82. The first-order valence-corrected chi connectivity index (χ1v) is 3.30. The molecular formula is C9H12MgO. The van der Waals surface area contributed by atoms with Crippen LogP contribution >= 0.6 is 0 Å². The summed E-state index contributed by atoms with van der Waals surface area (Å²) in [7, 11) is 0. The van der Waals surface area contributed by atoms with E-state index in [0.717, 1.165) is 0 Å². The van der Waals surface area contributed by atoms with Crippen LogP contribution in [-0.4, -0.2) is 29.2 Å². The molecule has 0 aliphatic carbocycles. The summed E-state index contributed by atoms with van der Waals surface area (Å²) in [5, 5.41) is 9.53. The van der Waals surface area contributed by atoms with Crippen LogP contribution in [0.4, 0.5) is 0 Å². The minimum absolute atomic E-state index is 0. The van der Waals surface area contributed by atoms with Crippen molar-refractivity contribution in [3.63, 3.8) is 0 Å². The van der Waals surface area contributed by atoms with Gasteiger partial charge in [-0.15, -0.1) is 6.10 Å². The first-order chi connectivity index (χ1) is 4.73. The van der Waals surface area contributed by atoms with Crippen molar-refractivity contribution in [1.82, 2.24) is 0 Å². The third-order valence-electron chi connectivity index (χ3n) is 0.607. The van der Waals surface area contributed by atoms with Gasteiger partial charge in [0.1, 0.15) is 0 Å². The molecule has 0 bridgehead atoms. The average Bonchev–Trinajstić information content (AvgIpc) is 1.90. The third-order valence-corrected chi connectivity index (χ3v) is 0.607. The van der Waals surface area contributed by atoms with Gasteiger partial charge in [-0.1, -0.05) is 13.8 Å². The summed E-state index contributed by atoms with van der Waals surface area (Å²) < 4.78 is 0. The van der Waals surface area contributed by atoms with Gasteiger partial charge in [0.05, 0.1) is 0 Å². The molecule has 56 valence electrons. The molecule has 0 radical (unpaired) electrons. The molecule has 0 aliphatic heterocycles. The van der Waals surface area contributed by atoms with Gasteiger partial charge in [-0.2, -0.15) is 36.4 Å². The van der Waals surface area contributed by atoms with Gasteiger partial charge in [0, 0.05) is 0 Å². The van der Waals surface area contributed by atoms with Crippen LogP contribution in [-0.2, 0) is 0 Å². The summed E-state index contributed by atoms with van der Waals surface area (Å²) in [6, 6.07) is 12.5. The van der Waals surface area contributed by atoms with Crippen LogP contribution < -0.4 is 5.11 Å². The van der Waals surface area contributed by atoms with Crippen molar-refractivity contribution in [3.05, 3.63) is 36.4 Å². The topological polar surface area (TPSA) is 23.1 Å². The molecule has 11 heavy (non-hydrogen) atoms. The predicted octanol–water partition coefficient (Wildman–Crippen LogP) is 0.861. The minimum atomic E-state index is -0.417. The van der Waals surface area contributed by atoms with Gasteiger partial charge >= 0.3 is 23.1 Å². The Morgan fingerprint density at radius 1 is 1.09 bits per heavy atom. The van der Waals surface area contributed by atoms with E-state index in [-0.39, 0.29) is 23.1 Å². The van der Waals surface area contributed by atoms with Crippen LogP contribution in [0.15, 0.2) is 30.3 Å². The van der Waals surface area contributed by atoms with E-state index in [0.29, 0.717) is 0 Å². The van der Waals surface area contributed by atoms with Gasteiger partial charge in [0.2, 0.25) is 0 Å². The Bertz CT molecular complexity index is 110. The fourth-order valence-electron chi connectivity index (χ4n) is 0.342. The quantitative estimate of drug-likeness (QED) is 0.408. The summed E-state index contributed by atoms with van der Waals surface area (Å²) >= 11 is 0. The molecule has 0 saturated heterocycles. The zero-order valence-corrected chi connectivity index (χ0v) is 8.49. The van der Waals surface area contributed by atoms with E-state index in [1.807, 2.05) is 30.3 Å². The number of benzene rings is 1. The Labute approximate surface area is 84.6 Å². The first kappa shape index (κ1) is 13.5. The van der Waals surface area contributed by atoms with Crippen LogP contribution in [0.1, 0.15) is 13.8 Å². The van der Waals surface area contributed by atoms with Gasteiger partial charge in [-0.05, 0) is 0 Å². The normalized spacial score (nSPS) is 7.64. The van der Waals surface area contributed by atoms with E-state index in [1.165, 1.54) is 0 Å². The summed E-state index contributed by atoms with van der Waals surface area (Å²) in [6.45, 7) is 3.22. The van der Waals surface area contributed by atoms with E-state index in [9.17, 15) is 5.11 Å². The molecular weight excluding hydrogens is 148 g/mol. The molecule has 0 atom stereocenters. The van der Waals surface area contributed by atoms with E-state index in [1.54, 1.807) is 13.8 Å². The Kier molecular flexibility index (Phi) is 12.2. The zero-order valence-electron chi connectivity index (χ0n) is 7.08. The molecule has 0 unspecified atom stereocenters. The fraction of sp³-hybridized carbons (Fsp3) is 0.333. The summed E-state index contributed by atoms with van der Waals surface area (Å²) in [4.78, 5) is 0. The molecule has 0 aliphatic rings. The standard InChI is InChI=1S/C6H5.C3H7O.Mg/c1-2-4-6-5-3-1;1-3(2)4;/h1-5H;3H,1-2H3;/q2*-1;+2. The molecule has 0 spiro atoms. The number of hydrogen-bond acceptors (Lipinski definition) is 1. The summed E-state index contributed by atoms with van der Waals surface area (Å²) in [5.74, 6) is 0. The van der Waals surface area contributed by atoms with Crippen molar-refractivity contribution >= 4 is 23.1 Å². The van der Waals surface area contributed by atoms with E-state index in [2.05, 4.69) is 6.07 Å². The number of hydrogen-bond donors (Lipinski definition) is 0. The van der Waals surface area contributed by atoms with Crippen LogP contribution in [0.25, 0.3) is 0 Å². The van der Waals surface area contributed by atoms with Crippen molar-refractivity contribution in [2.75, 3.05) is 0 Å². The SMILES string of the molecule is CC(C)[O-].[Mg+2].[c-]1ccccc1. The summed E-state index contributed by atoms with van der Waals surface area (Å²) in [5.41, 5.74) is 0. The molecule has 1 rings (SSSR count).